The molecule has 5 nitrogen and oxygen atoms in total. The zero-order chi connectivity index (χ0) is 13.4. The molecule has 0 aromatic rings. The molecule has 0 bridgehead atoms. The highest BCUT2D eigenvalue weighted by molar-refractivity contribution is 7.89. The van der Waals surface area contributed by atoms with Gasteiger partial charge in [-0.2, -0.15) is 0 Å². The van der Waals surface area contributed by atoms with E-state index in [-0.39, 0.29) is 5.75 Å². The van der Waals surface area contributed by atoms with E-state index in [0.717, 1.165) is 32.5 Å². The van der Waals surface area contributed by atoms with Crippen LogP contribution in [-0.4, -0.2) is 58.4 Å². The lowest BCUT2D eigenvalue weighted by Gasteiger charge is -2.30. The zero-order valence-corrected chi connectivity index (χ0v) is 12.3. The molecule has 1 aliphatic rings. The van der Waals surface area contributed by atoms with Gasteiger partial charge in [0.15, 0.2) is 0 Å². The highest BCUT2D eigenvalue weighted by Crippen LogP contribution is 2.20. The van der Waals surface area contributed by atoms with Crippen LogP contribution in [0.15, 0.2) is 0 Å². The molecule has 6 heteroatoms. The predicted molar refractivity (Wildman–Crippen MR) is 73.1 cm³/mol. The van der Waals surface area contributed by atoms with Gasteiger partial charge in [0.2, 0.25) is 10.0 Å². The maximum absolute atomic E-state index is 12.1. The standard InChI is InChI=1S/C12H26N2O3S/c1-3-13-7-4-10-18(15,16)14-8-5-12(6-9-14)11-17-2/h12-13H,3-11H2,1-2H3. The summed E-state index contributed by atoms with van der Waals surface area (Å²) >= 11 is 0. The minimum absolute atomic E-state index is 0.259. The summed E-state index contributed by atoms with van der Waals surface area (Å²) in [6.45, 7) is 5.73. The van der Waals surface area contributed by atoms with Gasteiger partial charge in [0.1, 0.15) is 0 Å². The largest absolute Gasteiger partial charge is 0.384 e. The number of ether oxygens (including phenoxy) is 1. The minimum Gasteiger partial charge on any atom is -0.384 e. The summed E-state index contributed by atoms with van der Waals surface area (Å²) in [7, 11) is -1.35. The molecule has 1 rings (SSSR count). The molecular weight excluding hydrogens is 252 g/mol. The van der Waals surface area contributed by atoms with Crippen LogP contribution in [0.25, 0.3) is 0 Å². The lowest BCUT2D eigenvalue weighted by molar-refractivity contribution is 0.121. The highest BCUT2D eigenvalue weighted by atomic mass is 32.2. The van der Waals surface area contributed by atoms with E-state index in [9.17, 15) is 8.42 Å². The summed E-state index contributed by atoms with van der Waals surface area (Å²) in [6.07, 6.45) is 2.52. The Labute approximate surface area is 111 Å². The third-order valence-corrected chi connectivity index (χ3v) is 5.33. The quantitative estimate of drug-likeness (QED) is 0.663. The molecule has 0 amide bonds. The van der Waals surface area contributed by atoms with Crippen molar-refractivity contribution in [1.82, 2.24) is 9.62 Å². The van der Waals surface area contributed by atoms with Crippen LogP contribution >= 0.6 is 0 Å². The molecule has 0 aliphatic carbocycles. The molecule has 0 aromatic heterocycles. The lowest BCUT2D eigenvalue weighted by Crippen LogP contribution is -2.40. The summed E-state index contributed by atoms with van der Waals surface area (Å²) in [5, 5.41) is 3.15. The topological polar surface area (TPSA) is 58.6 Å². The molecule has 1 N–H and O–H groups in total. The van der Waals surface area contributed by atoms with Gasteiger partial charge in [0, 0.05) is 26.8 Å². The van der Waals surface area contributed by atoms with Crippen LogP contribution in [0.1, 0.15) is 26.2 Å². The Bertz CT molecular complexity index is 311. The van der Waals surface area contributed by atoms with E-state index < -0.39 is 10.0 Å². The number of rotatable bonds is 8. The summed E-state index contributed by atoms with van der Waals surface area (Å²) < 4.78 is 30.9. The minimum atomic E-state index is -3.05. The number of methoxy groups -OCH3 is 1. The Balaban J connectivity index is 2.31. The van der Waals surface area contributed by atoms with Gasteiger partial charge >= 0.3 is 0 Å². The van der Waals surface area contributed by atoms with Crippen molar-refractivity contribution in [1.29, 1.82) is 0 Å². The van der Waals surface area contributed by atoms with Gasteiger partial charge in [-0.1, -0.05) is 6.92 Å². The van der Waals surface area contributed by atoms with Crippen molar-refractivity contribution in [2.45, 2.75) is 26.2 Å². The normalized spacial score (nSPS) is 19.2. The number of hydrogen-bond donors (Lipinski definition) is 1. The second-order valence-electron chi connectivity index (χ2n) is 4.82. The fraction of sp³-hybridized carbons (Fsp3) is 1.00. The number of nitrogens with one attached hydrogen (secondary N) is 1. The van der Waals surface area contributed by atoms with Crippen molar-refractivity contribution in [3.8, 4) is 0 Å². The zero-order valence-electron chi connectivity index (χ0n) is 11.5. The maximum atomic E-state index is 12.1. The molecule has 1 fully saturated rings. The van der Waals surface area contributed by atoms with E-state index in [4.69, 9.17) is 4.74 Å². The van der Waals surface area contributed by atoms with E-state index in [1.54, 1.807) is 11.4 Å². The van der Waals surface area contributed by atoms with Crippen molar-refractivity contribution in [2.24, 2.45) is 5.92 Å². The monoisotopic (exact) mass is 278 g/mol. The third-order valence-electron chi connectivity index (χ3n) is 3.38. The first-order chi connectivity index (χ1) is 8.60. The molecule has 0 atom stereocenters. The van der Waals surface area contributed by atoms with Crippen LogP contribution in [-0.2, 0) is 14.8 Å². The van der Waals surface area contributed by atoms with Gasteiger partial charge in [0.25, 0.3) is 0 Å². The van der Waals surface area contributed by atoms with Crippen molar-refractivity contribution in [3.05, 3.63) is 0 Å². The van der Waals surface area contributed by atoms with E-state index in [2.05, 4.69) is 5.32 Å². The lowest BCUT2D eigenvalue weighted by atomic mass is 9.99. The Hall–Kier alpha value is -0.170. The molecule has 0 unspecified atom stereocenters. The number of sulfonamides is 1. The second kappa shape index (κ2) is 8.09. The molecule has 18 heavy (non-hydrogen) atoms. The Morgan fingerprint density at radius 3 is 2.56 bits per heavy atom. The van der Waals surface area contributed by atoms with Gasteiger partial charge in [-0.25, -0.2) is 12.7 Å². The number of piperidine rings is 1. The molecule has 1 saturated heterocycles. The molecule has 0 radical (unpaired) electrons. The van der Waals surface area contributed by atoms with Crippen LogP contribution in [0.2, 0.25) is 0 Å². The van der Waals surface area contributed by atoms with Gasteiger partial charge in [-0.3, -0.25) is 0 Å². The Morgan fingerprint density at radius 2 is 2.00 bits per heavy atom. The SMILES string of the molecule is CCNCCCS(=O)(=O)N1CCC(COC)CC1. The third kappa shape index (κ3) is 5.22. The average molecular weight is 278 g/mol. The van der Waals surface area contributed by atoms with E-state index >= 15 is 0 Å². The smallest absolute Gasteiger partial charge is 0.214 e. The summed E-state index contributed by atoms with van der Waals surface area (Å²) in [4.78, 5) is 0. The summed E-state index contributed by atoms with van der Waals surface area (Å²) in [6, 6.07) is 0. The molecule has 0 saturated carbocycles. The van der Waals surface area contributed by atoms with Gasteiger partial charge in [-0.05, 0) is 38.3 Å². The molecule has 108 valence electrons. The van der Waals surface area contributed by atoms with Crippen LogP contribution < -0.4 is 5.32 Å². The van der Waals surface area contributed by atoms with Gasteiger partial charge in [-0.15, -0.1) is 0 Å². The fourth-order valence-electron chi connectivity index (χ4n) is 2.28. The van der Waals surface area contributed by atoms with Crippen LogP contribution in [0.3, 0.4) is 0 Å². The van der Waals surface area contributed by atoms with Crippen LogP contribution in [0, 0.1) is 5.92 Å². The molecule has 1 aliphatic heterocycles. The van der Waals surface area contributed by atoms with Crippen molar-refractivity contribution < 1.29 is 13.2 Å². The Kier molecular flexibility index (Phi) is 7.14. The number of hydrogen-bond acceptors (Lipinski definition) is 4. The average Bonchev–Trinajstić information content (AvgIpc) is 2.36. The number of nitrogens with zero attached hydrogens (tertiary/aromatic N) is 1. The van der Waals surface area contributed by atoms with Gasteiger partial charge in [0.05, 0.1) is 5.75 Å². The maximum Gasteiger partial charge on any atom is 0.214 e. The van der Waals surface area contributed by atoms with Crippen LogP contribution in [0.4, 0.5) is 0 Å². The van der Waals surface area contributed by atoms with E-state index in [1.807, 2.05) is 6.92 Å². The summed E-state index contributed by atoms with van der Waals surface area (Å²) in [5.74, 6) is 0.776. The van der Waals surface area contributed by atoms with Crippen molar-refractivity contribution >= 4 is 10.0 Å². The molecule has 0 spiro atoms. The summed E-state index contributed by atoms with van der Waals surface area (Å²) in [5.41, 5.74) is 0. The highest BCUT2D eigenvalue weighted by Gasteiger charge is 2.27. The molecule has 0 aromatic carbocycles. The van der Waals surface area contributed by atoms with Gasteiger partial charge < -0.3 is 10.1 Å². The van der Waals surface area contributed by atoms with Crippen molar-refractivity contribution in [3.63, 3.8) is 0 Å². The van der Waals surface area contributed by atoms with Crippen molar-refractivity contribution in [2.75, 3.05) is 45.6 Å². The fourth-order valence-corrected chi connectivity index (χ4v) is 3.81. The molecule has 1 heterocycles. The first kappa shape index (κ1) is 15.9. The van der Waals surface area contributed by atoms with E-state index in [0.29, 0.717) is 25.4 Å². The second-order valence-corrected chi connectivity index (χ2v) is 6.91. The Morgan fingerprint density at radius 1 is 1.33 bits per heavy atom. The molecular formula is C12H26N2O3S. The predicted octanol–water partition coefficient (Wildman–Crippen LogP) is 0.674. The van der Waals surface area contributed by atoms with Crippen LogP contribution in [0.5, 0.6) is 0 Å². The van der Waals surface area contributed by atoms with E-state index in [1.165, 1.54) is 0 Å². The first-order valence-corrected chi connectivity index (χ1v) is 8.38. The first-order valence-electron chi connectivity index (χ1n) is 6.77.